The third-order valence-corrected chi connectivity index (χ3v) is 3.49. The fourth-order valence-corrected chi connectivity index (χ4v) is 2.23. The summed E-state index contributed by atoms with van der Waals surface area (Å²) in [5, 5.41) is 8.78. The van der Waals surface area contributed by atoms with Crippen molar-refractivity contribution in [2.45, 2.75) is 31.3 Å². The molecule has 0 saturated heterocycles. The van der Waals surface area contributed by atoms with Crippen LogP contribution >= 0.6 is 0 Å². The molecule has 2 aliphatic carbocycles. The van der Waals surface area contributed by atoms with Crippen molar-refractivity contribution in [1.82, 2.24) is 0 Å². The molecule has 2 saturated carbocycles. The molecule has 0 bridgehead atoms. The van der Waals surface area contributed by atoms with E-state index in [9.17, 15) is 4.79 Å². The van der Waals surface area contributed by atoms with E-state index in [1.165, 1.54) is 12.8 Å². The smallest absolute Gasteiger partial charge is 0.335 e. The molecule has 0 radical (unpaired) electrons. The number of carboxylic acid groups (broad SMARTS) is 1. The van der Waals surface area contributed by atoms with Gasteiger partial charge in [-0.2, -0.15) is 0 Å². The van der Waals surface area contributed by atoms with E-state index in [0.717, 1.165) is 24.5 Å². The summed E-state index contributed by atoms with van der Waals surface area (Å²) in [7, 11) is 0. The minimum Gasteiger partial charge on any atom is -0.487 e. The van der Waals surface area contributed by atoms with Crippen LogP contribution in [0.1, 0.15) is 36.0 Å². The summed E-state index contributed by atoms with van der Waals surface area (Å²) in [4.78, 5) is 10.7. The summed E-state index contributed by atoms with van der Waals surface area (Å²) in [6, 6.07) is 6.71. The van der Waals surface area contributed by atoms with E-state index >= 15 is 0 Å². The molecule has 0 aliphatic heterocycles. The number of carboxylic acids is 1. The van der Waals surface area contributed by atoms with E-state index in [1.807, 2.05) is 0 Å². The lowest BCUT2D eigenvalue weighted by atomic mass is 10.2. The van der Waals surface area contributed by atoms with Crippen LogP contribution in [0.25, 0.3) is 0 Å². The molecule has 1 N–H and O–H groups in total. The second-order valence-electron chi connectivity index (χ2n) is 4.77. The van der Waals surface area contributed by atoms with Crippen molar-refractivity contribution in [1.29, 1.82) is 0 Å². The minimum atomic E-state index is -0.894. The number of rotatable bonds is 4. The molecule has 3 heteroatoms. The molecular formula is C13H14O3. The minimum absolute atomic E-state index is 0.102. The fraction of sp³-hybridized carbons (Fsp3) is 0.462. The van der Waals surface area contributed by atoms with Gasteiger partial charge in [0.25, 0.3) is 0 Å². The molecule has 0 spiro atoms. The first-order valence-electron chi connectivity index (χ1n) is 5.72. The average molecular weight is 218 g/mol. The van der Waals surface area contributed by atoms with Crippen LogP contribution in [0, 0.1) is 5.92 Å². The lowest BCUT2D eigenvalue weighted by molar-refractivity contribution is 0.0697. The Balaban J connectivity index is 1.73. The van der Waals surface area contributed by atoms with Crippen molar-refractivity contribution in [2.24, 2.45) is 5.92 Å². The summed E-state index contributed by atoms with van der Waals surface area (Å²) < 4.78 is 5.98. The molecule has 16 heavy (non-hydrogen) atoms. The second kappa shape index (κ2) is 3.24. The summed E-state index contributed by atoms with van der Waals surface area (Å²) >= 11 is 0. The van der Waals surface area contributed by atoms with E-state index < -0.39 is 5.97 Å². The molecule has 1 aromatic carbocycles. The molecule has 0 amide bonds. The highest BCUT2D eigenvalue weighted by Gasteiger charge is 2.56. The van der Waals surface area contributed by atoms with E-state index in [4.69, 9.17) is 9.84 Å². The first-order chi connectivity index (χ1) is 7.70. The van der Waals surface area contributed by atoms with Crippen LogP contribution in [-0.4, -0.2) is 16.7 Å². The van der Waals surface area contributed by atoms with Gasteiger partial charge < -0.3 is 9.84 Å². The molecule has 0 unspecified atom stereocenters. The van der Waals surface area contributed by atoms with Gasteiger partial charge in [-0.3, -0.25) is 0 Å². The molecular weight excluding hydrogens is 204 g/mol. The monoisotopic (exact) mass is 218 g/mol. The number of carbonyl (C=O) groups is 1. The summed E-state index contributed by atoms with van der Waals surface area (Å²) in [6.07, 6.45) is 4.87. The molecule has 3 nitrogen and oxygen atoms in total. The van der Waals surface area contributed by atoms with Crippen molar-refractivity contribution in [3.63, 3.8) is 0 Å². The summed E-state index contributed by atoms with van der Waals surface area (Å²) in [5.41, 5.74) is 0.411. The highest BCUT2D eigenvalue weighted by atomic mass is 16.5. The van der Waals surface area contributed by atoms with Crippen molar-refractivity contribution >= 4 is 5.97 Å². The van der Waals surface area contributed by atoms with Crippen LogP contribution in [-0.2, 0) is 0 Å². The van der Waals surface area contributed by atoms with Crippen molar-refractivity contribution in [3.8, 4) is 5.75 Å². The molecule has 84 valence electrons. The second-order valence-corrected chi connectivity index (χ2v) is 4.77. The van der Waals surface area contributed by atoms with Gasteiger partial charge in [0.05, 0.1) is 5.56 Å². The zero-order chi connectivity index (χ0) is 11.2. The Hall–Kier alpha value is -1.51. The summed E-state index contributed by atoms with van der Waals surface area (Å²) in [5.74, 6) is 0.649. The Morgan fingerprint density at radius 1 is 1.25 bits per heavy atom. The van der Waals surface area contributed by atoms with E-state index in [-0.39, 0.29) is 5.60 Å². The molecule has 3 rings (SSSR count). The Labute approximate surface area is 94.0 Å². The quantitative estimate of drug-likeness (QED) is 0.845. The van der Waals surface area contributed by atoms with Gasteiger partial charge in [-0.05, 0) is 55.9 Å². The van der Waals surface area contributed by atoms with Gasteiger partial charge in [0.2, 0.25) is 0 Å². The van der Waals surface area contributed by atoms with E-state index in [1.54, 1.807) is 24.3 Å². The number of benzene rings is 1. The fourth-order valence-electron chi connectivity index (χ4n) is 2.23. The zero-order valence-corrected chi connectivity index (χ0v) is 8.98. The van der Waals surface area contributed by atoms with Crippen molar-refractivity contribution in [3.05, 3.63) is 29.8 Å². The number of aromatic carboxylic acids is 1. The largest absolute Gasteiger partial charge is 0.487 e. The van der Waals surface area contributed by atoms with Gasteiger partial charge in [-0.1, -0.05) is 0 Å². The lowest BCUT2D eigenvalue weighted by Gasteiger charge is -2.17. The third-order valence-electron chi connectivity index (χ3n) is 3.49. The topological polar surface area (TPSA) is 46.5 Å². The number of ether oxygens (including phenoxy) is 1. The normalized spacial score (nSPS) is 21.5. The zero-order valence-electron chi connectivity index (χ0n) is 8.98. The van der Waals surface area contributed by atoms with Crippen LogP contribution in [0.5, 0.6) is 5.75 Å². The summed E-state index contributed by atoms with van der Waals surface area (Å²) in [6.45, 7) is 0. The Morgan fingerprint density at radius 3 is 2.31 bits per heavy atom. The van der Waals surface area contributed by atoms with Crippen LogP contribution in [0.15, 0.2) is 24.3 Å². The Kier molecular flexibility index (Phi) is 1.96. The highest BCUT2D eigenvalue weighted by Crippen LogP contribution is 2.56. The SMILES string of the molecule is O=C(O)c1ccc(OC2(C3CC3)CC2)cc1. The van der Waals surface area contributed by atoms with Gasteiger partial charge >= 0.3 is 5.97 Å². The number of hydrogen-bond acceptors (Lipinski definition) is 2. The standard InChI is InChI=1S/C13H14O3/c14-12(15)9-1-5-11(6-2-9)16-13(7-8-13)10-3-4-10/h1-2,5-6,10H,3-4,7-8H2,(H,14,15). The maximum Gasteiger partial charge on any atom is 0.335 e. The van der Waals surface area contributed by atoms with Gasteiger partial charge in [-0.15, -0.1) is 0 Å². The maximum absolute atomic E-state index is 10.7. The molecule has 2 aliphatic rings. The van der Waals surface area contributed by atoms with E-state index in [2.05, 4.69) is 0 Å². The van der Waals surface area contributed by atoms with Crippen LogP contribution in [0.2, 0.25) is 0 Å². The predicted octanol–water partition coefficient (Wildman–Crippen LogP) is 2.71. The van der Waals surface area contributed by atoms with Gasteiger partial charge in [-0.25, -0.2) is 4.79 Å². The maximum atomic E-state index is 10.7. The average Bonchev–Trinajstić information content (AvgIpc) is 3.13. The first kappa shape index (κ1) is 9.70. The predicted molar refractivity (Wildman–Crippen MR) is 58.7 cm³/mol. The molecule has 0 atom stereocenters. The number of hydrogen-bond donors (Lipinski definition) is 1. The Morgan fingerprint density at radius 2 is 1.88 bits per heavy atom. The van der Waals surface area contributed by atoms with Crippen molar-refractivity contribution < 1.29 is 14.6 Å². The van der Waals surface area contributed by atoms with Crippen LogP contribution in [0.3, 0.4) is 0 Å². The molecule has 0 aromatic heterocycles. The van der Waals surface area contributed by atoms with Crippen LogP contribution < -0.4 is 4.74 Å². The van der Waals surface area contributed by atoms with Gasteiger partial charge in [0, 0.05) is 0 Å². The van der Waals surface area contributed by atoms with Gasteiger partial charge in [0.1, 0.15) is 11.4 Å². The molecule has 1 aromatic rings. The molecule has 0 heterocycles. The van der Waals surface area contributed by atoms with Gasteiger partial charge in [0.15, 0.2) is 0 Å². The van der Waals surface area contributed by atoms with E-state index in [0.29, 0.717) is 5.56 Å². The Bertz CT molecular complexity index is 413. The lowest BCUT2D eigenvalue weighted by Crippen LogP contribution is -2.20. The van der Waals surface area contributed by atoms with Crippen LogP contribution in [0.4, 0.5) is 0 Å². The first-order valence-corrected chi connectivity index (χ1v) is 5.72. The highest BCUT2D eigenvalue weighted by molar-refractivity contribution is 5.87. The molecule has 2 fully saturated rings. The van der Waals surface area contributed by atoms with Crippen molar-refractivity contribution in [2.75, 3.05) is 0 Å². The third kappa shape index (κ3) is 1.66.